The Kier molecular flexibility index (Phi) is 5.67. The zero-order chi connectivity index (χ0) is 20.6. The first-order chi connectivity index (χ1) is 13.8. The maximum atomic E-state index is 12.7. The maximum Gasteiger partial charge on any atom is 0.277 e. The Balaban J connectivity index is 1.67. The molecule has 1 saturated carbocycles. The number of carbonyl (C=O) groups is 1. The zero-order valence-corrected chi connectivity index (χ0v) is 17.9. The molecule has 1 aromatic carbocycles. The second-order valence-corrected chi connectivity index (χ2v) is 9.67. The van der Waals surface area contributed by atoms with Gasteiger partial charge in [0.05, 0.1) is 17.6 Å². The molecule has 158 valence electrons. The van der Waals surface area contributed by atoms with Crippen LogP contribution in [0.4, 0.5) is 0 Å². The average Bonchev–Trinajstić information content (AvgIpc) is 3.16. The van der Waals surface area contributed by atoms with Crippen molar-refractivity contribution in [1.82, 2.24) is 14.6 Å². The Morgan fingerprint density at radius 2 is 1.93 bits per heavy atom. The van der Waals surface area contributed by atoms with Gasteiger partial charge in [-0.05, 0) is 37.0 Å². The second-order valence-electron chi connectivity index (χ2n) is 9.67. The number of benzene rings is 1. The quantitative estimate of drug-likeness (QED) is 0.791. The number of nitrogens with zero attached hydrogens (tertiary/aromatic N) is 3. The fourth-order valence-electron chi connectivity index (χ4n) is 4.58. The summed E-state index contributed by atoms with van der Waals surface area (Å²) in [6, 6.07) is 5.75. The van der Waals surface area contributed by atoms with E-state index in [1.807, 2.05) is 18.2 Å². The molecular formula is C23H33N3O3. The predicted octanol–water partition coefficient (Wildman–Crippen LogP) is 4.05. The van der Waals surface area contributed by atoms with Gasteiger partial charge >= 0.3 is 0 Å². The lowest BCUT2D eigenvalue weighted by Crippen LogP contribution is -2.28. The average molecular weight is 400 g/mol. The van der Waals surface area contributed by atoms with Gasteiger partial charge in [0.2, 0.25) is 0 Å². The molecule has 1 N–H and O–H groups in total. The fourth-order valence-corrected chi connectivity index (χ4v) is 4.58. The van der Waals surface area contributed by atoms with Gasteiger partial charge in [0.15, 0.2) is 0 Å². The lowest BCUT2D eigenvalue weighted by Gasteiger charge is -2.23. The lowest BCUT2D eigenvalue weighted by molar-refractivity contribution is -0.0779. The second kappa shape index (κ2) is 8.07. The SMILES string of the molecule is CC(C)(C)c1nc2cc(C(=O)N3CC(O)CO3)ccc2n1CC1CCCCCC1. The van der Waals surface area contributed by atoms with Gasteiger partial charge in [-0.3, -0.25) is 9.63 Å². The number of carbonyl (C=O) groups excluding carboxylic acids is 1. The summed E-state index contributed by atoms with van der Waals surface area (Å²) in [6.45, 7) is 7.96. The van der Waals surface area contributed by atoms with Crippen LogP contribution in [0.25, 0.3) is 11.0 Å². The minimum atomic E-state index is -0.617. The van der Waals surface area contributed by atoms with Crippen LogP contribution in [0.2, 0.25) is 0 Å². The number of aromatic nitrogens is 2. The summed E-state index contributed by atoms with van der Waals surface area (Å²) in [7, 11) is 0. The van der Waals surface area contributed by atoms with Crippen molar-refractivity contribution < 1.29 is 14.7 Å². The third kappa shape index (κ3) is 4.33. The first-order valence-corrected chi connectivity index (χ1v) is 11.0. The molecule has 1 unspecified atom stereocenters. The van der Waals surface area contributed by atoms with Gasteiger partial charge in [0.25, 0.3) is 5.91 Å². The highest BCUT2D eigenvalue weighted by Gasteiger charge is 2.29. The summed E-state index contributed by atoms with van der Waals surface area (Å²) in [5, 5.41) is 10.9. The molecule has 1 atom stereocenters. The summed E-state index contributed by atoms with van der Waals surface area (Å²) < 4.78 is 2.38. The molecule has 6 heteroatoms. The molecular weight excluding hydrogens is 366 g/mol. The molecule has 1 aliphatic heterocycles. The van der Waals surface area contributed by atoms with Crippen LogP contribution in [0.1, 0.15) is 75.5 Å². The van der Waals surface area contributed by atoms with Crippen LogP contribution in [-0.4, -0.2) is 44.9 Å². The van der Waals surface area contributed by atoms with Crippen LogP contribution in [0.5, 0.6) is 0 Å². The van der Waals surface area contributed by atoms with Crippen molar-refractivity contribution in [3.8, 4) is 0 Å². The number of hydroxylamine groups is 2. The van der Waals surface area contributed by atoms with Gasteiger partial charge in [-0.1, -0.05) is 46.5 Å². The molecule has 1 saturated heterocycles. The molecule has 1 aliphatic carbocycles. The van der Waals surface area contributed by atoms with E-state index in [9.17, 15) is 9.90 Å². The number of hydrogen-bond donors (Lipinski definition) is 1. The number of amides is 1. The first kappa shape index (κ1) is 20.4. The van der Waals surface area contributed by atoms with Gasteiger partial charge in [-0.15, -0.1) is 0 Å². The van der Waals surface area contributed by atoms with Crippen molar-refractivity contribution in [2.45, 2.75) is 77.4 Å². The number of fused-ring (bicyclic) bond motifs is 1. The van der Waals surface area contributed by atoms with E-state index in [-0.39, 0.29) is 24.5 Å². The van der Waals surface area contributed by atoms with Crippen molar-refractivity contribution in [3.63, 3.8) is 0 Å². The Labute approximate surface area is 172 Å². The van der Waals surface area contributed by atoms with Gasteiger partial charge in [-0.2, -0.15) is 0 Å². The van der Waals surface area contributed by atoms with Crippen LogP contribution in [0, 0.1) is 5.92 Å². The Morgan fingerprint density at radius 3 is 2.55 bits per heavy atom. The van der Waals surface area contributed by atoms with E-state index < -0.39 is 6.10 Å². The number of rotatable bonds is 3. The molecule has 4 rings (SSSR count). The maximum absolute atomic E-state index is 12.7. The van der Waals surface area contributed by atoms with E-state index in [0.29, 0.717) is 11.5 Å². The monoisotopic (exact) mass is 399 g/mol. The van der Waals surface area contributed by atoms with E-state index in [0.717, 1.165) is 23.4 Å². The minimum Gasteiger partial charge on any atom is -0.389 e. The molecule has 2 aliphatic rings. The number of aliphatic hydroxyl groups is 1. The predicted molar refractivity (Wildman–Crippen MR) is 113 cm³/mol. The van der Waals surface area contributed by atoms with Crippen LogP contribution in [-0.2, 0) is 16.8 Å². The molecule has 1 aromatic heterocycles. The summed E-state index contributed by atoms with van der Waals surface area (Å²) in [5.74, 6) is 1.55. The molecule has 2 fully saturated rings. The van der Waals surface area contributed by atoms with Crippen LogP contribution >= 0.6 is 0 Å². The topological polar surface area (TPSA) is 67.6 Å². The molecule has 2 heterocycles. The number of β-amino-alcohol motifs (C(OH)–C–C–N with tert-alkyl or cyclic N) is 1. The summed E-state index contributed by atoms with van der Waals surface area (Å²) >= 11 is 0. The molecule has 1 amide bonds. The fraction of sp³-hybridized carbons (Fsp3) is 0.652. The zero-order valence-electron chi connectivity index (χ0n) is 17.9. The Morgan fingerprint density at radius 1 is 1.21 bits per heavy atom. The van der Waals surface area contributed by atoms with E-state index in [1.165, 1.54) is 43.6 Å². The van der Waals surface area contributed by atoms with Gasteiger partial charge in [-0.25, -0.2) is 10.0 Å². The van der Waals surface area contributed by atoms with Crippen molar-refractivity contribution in [3.05, 3.63) is 29.6 Å². The number of aliphatic hydroxyl groups excluding tert-OH is 1. The van der Waals surface area contributed by atoms with Crippen molar-refractivity contribution in [2.24, 2.45) is 5.92 Å². The summed E-state index contributed by atoms with van der Waals surface area (Å²) in [4.78, 5) is 23.0. The number of imidazole rings is 1. The van der Waals surface area contributed by atoms with Crippen LogP contribution in [0.3, 0.4) is 0 Å². The van der Waals surface area contributed by atoms with Gasteiger partial charge in [0.1, 0.15) is 18.5 Å². The van der Waals surface area contributed by atoms with Crippen molar-refractivity contribution >= 4 is 16.9 Å². The minimum absolute atomic E-state index is 0.0733. The third-order valence-corrected chi connectivity index (χ3v) is 6.11. The normalized spacial score (nSPS) is 21.7. The van der Waals surface area contributed by atoms with Crippen LogP contribution < -0.4 is 0 Å². The number of hydrogen-bond acceptors (Lipinski definition) is 4. The van der Waals surface area contributed by atoms with Crippen molar-refractivity contribution in [1.29, 1.82) is 0 Å². The lowest BCUT2D eigenvalue weighted by atomic mass is 9.94. The molecule has 0 bridgehead atoms. The van der Waals surface area contributed by atoms with E-state index in [4.69, 9.17) is 9.82 Å². The molecule has 0 radical (unpaired) electrons. The highest BCUT2D eigenvalue weighted by atomic mass is 16.7. The third-order valence-electron chi connectivity index (χ3n) is 6.11. The standard InChI is InChI=1S/C23H33N3O3/c1-23(2,3)22-24-19-12-17(21(28)26-14-18(27)15-29-26)10-11-20(19)25(22)13-16-8-6-4-5-7-9-16/h10-12,16,18,27H,4-9,13-15H2,1-3H3. The first-order valence-electron chi connectivity index (χ1n) is 11.0. The Bertz CT molecular complexity index is 875. The largest absolute Gasteiger partial charge is 0.389 e. The molecule has 6 nitrogen and oxygen atoms in total. The smallest absolute Gasteiger partial charge is 0.277 e. The van der Waals surface area contributed by atoms with Gasteiger partial charge < -0.3 is 9.67 Å². The summed E-state index contributed by atoms with van der Waals surface area (Å²) in [6.07, 6.45) is 7.31. The highest BCUT2D eigenvalue weighted by molar-refractivity contribution is 5.97. The molecule has 0 spiro atoms. The Hall–Kier alpha value is -1.92. The van der Waals surface area contributed by atoms with E-state index >= 15 is 0 Å². The molecule has 29 heavy (non-hydrogen) atoms. The summed E-state index contributed by atoms with van der Waals surface area (Å²) in [5.41, 5.74) is 2.43. The highest BCUT2D eigenvalue weighted by Crippen LogP contribution is 2.31. The molecule has 2 aromatic rings. The van der Waals surface area contributed by atoms with Crippen molar-refractivity contribution in [2.75, 3.05) is 13.2 Å². The van der Waals surface area contributed by atoms with E-state index in [2.05, 4.69) is 25.3 Å². The van der Waals surface area contributed by atoms with E-state index in [1.54, 1.807) is 0 Å². The van der Waals surface area contributed by atoms with Gasteiger partial charge in [0, 0.05) is 17.5 Å². The van der Waals surface area contributed by atoms with Crippen LogP contribution in [0.15, 0.2) is 18.2 Å².